The maximum Gasteiger partial charge on any atom is 0.0991 e. The summed E-state index contributed by atoms with van der Waals surface area (Å²) in [6.45, 7) is 11.7. The third kappa shape index (κ3) is 4.13. The lowest BCUT2D eigenvalue weighted by molar-refractivity contribution is 0.0811. The second-order valence-electron chi connectivity index (χ2n) is 7.78. The number of halogens is 2. The summed E-state index contributed by atoms with van der Waals surface area (Å²) in [5.41, 5.74) is 1.92. The Hall–Kier alpha value is 0.240. The van der Waals surface area contributed by atoms with E-state index in [0.717, 1.165) is 14.2 Å². The highest BCUT2D eigenvalue weighted by atomic mass is 35.5. The van der Waals surface area contributed by atoms with Gasteiger partial charge < -0.3 is 5.32 Å². The molecule has 1 heterocycles. The summed E-state index contributed by atoms with van der Waals surface area (Å²) in [5.74, 6) is 0. The molecule has 1 aromatic rings. The molecular formula is C16H25Cl2NS. The van der Waals surface area contributed by atoms with Crippen LogP contribution in [0.4, 0.5) is 0 Å². The summed E-state index contributed by atoms with van der Waals surface area (Å²) < 4.78 is 1.58. The molecule has 1 aliphatic carbocycles. The van der Waals surface area contributed by atoms with Crippen LogP contribution in [0, 0.1) is 10.8 Å². The van der Waals surface area contributed by atoms with Gasteiger partial charge in [0.25, 0.3) is 0 Å². The Bertz CT molecular complexity index is 463. The molecule has 0 amide bonds. The van der Waals surface area contributed by atoms with Crippen molar-refractivity contribution in [3.63, 3.8) is 0 Å². The summed E-state index contributed by atoms with van der Waals surface area (Å²) in [4.78, 5) is 0. The van der Waals surface area contributed by atoms with Crippen molar-refractivity contribution < 1.29 is 0 Å². The fourth-order valence-corrected chi connectivity index (χ4v) is 5.70. The minimum atomic E-state index is 0.251. The Kier molecular flexibility index (Phi) is 4.81. The summed E-state index contributed by atoms with van der Waals surface area (Å²) in [6.07, 6.45) is 3.73. The summed E-state index contributed by atoms with van der Waals surface area (Å²) in [7, 11) is 0. The van der Waals surface area contributed by atoms with Gasteiger partial charge in [0.05, 0.1) is 8.67 Å². The molecule has 1 saturated carbocycles. The van der Waals surface area contributed by atoms with E-state index < -0.39 is 0 Å². The summed E-state index contributed by atoms with van der Waals surface area (Å²) >= 11 is 13.8. The predicted octanol–water partition coefficient (Wildman–Crippen LogP) is 6.31. The second-order valence-corrected chi connectivity index (χ2v) is 10.1. The lowest BCUT2D eigenvalue weighted by atomic mass is 9.63. The molecule has 0 aliphatic heterocycles. The first-order valence-electron chi connectivity index (χ1n) is 7.29. The zero-order chi connectivity index (χ0) is 15.1. The van der Waals surface area contributed by atoms with E-state index in [9.17, 15) is 0 Å². The smallest absolute Gasteiger partial charge is 0.0991 e. The van der Waals surface area contributed by atoms with Crippen LogP contribution in [0.15, 0.2) is 6.07 Å². The Labute approximate surface area is 137 Å². The van der Waals surface area contributed by atoms with Gasteiger partial charge in [0.15, 0.2) is 0 Å². The Morgan fingerprint density at radius 3 is 2.20 bits per heavy atom. The summed E-state index contributed by atoms with van der Waals surface area (Å²) in [5, 5.41) is 3.76. The van der Waals surface area contributed by atoms with Gasteiger partial charge in [0.2, 0.25) is 0 Å². The topological polar surface area (TPSA) is 12.0 Å². The lowest BCUT2D eigenvalue weighted by Crippen LogP contribution is -2.44. The molecule has 0 aromatic carbocycles. The average Bonchev–Trinajstić information content (AvgIpc) is 2.52. The van der Waals surface area contributed by atoms with Gasteiger partial charge in [0, 0.05) is 12.1 Å². The van der Waals surface area contributed by atoms with Gasteiger partial charge >= 0.3 is 0 Å². The first-order chi connectivity index (χ1) is 9.08. The molecule has 1 atom stereocenters. The zero-order valence-corrected chi connectivity index (χ0v) is 15.3. The number of hydrogen-bond donors (Lipinski definition) is 1. The van der Waals surface area contributed by atoms with Crippen LogP contribution in [0.5, 0.6) is 0 Å². The van der Waals surface area contributed by atoms with Crippen molar-refractivity contribution in [1.29, 1.82) is 0 Å². The van der Waals surface area contributed by atoms with Crippen molar-refractivity contribution in [3.8, 4) is 0 Å². The van der Waals surface area contributed by atoms with Gasteiger partial charge in [-0.3, -0.25) is 0 Å². The number of hydrogen-bond acceptors (Lipinski definition) is 2. The molecule has 114 valence electrons. The van der Waals surface area contributed by atoms with E-state index in [2.05, 4.69) is 39.9 Å². The first kappa shape index (κ1) is 16.6. The predicted molar refractivity (Wildman–Crippen MR) is 91.1 cm³/mol. The van der Waals surface area contributed by atoms with Crippen LogP contribution in [-0.4, -0.2) is 6.04 Å². The standard InChI is InChI=1S/C16H25Cl2NS/c1-10(12-6-13(17)20-14(12)18)19-11-7-15(2,3)9-16(4,5)8-11/h6,10-11,19H,7-9H2,1-5H3. The monoisotopic (exact) mass is 333 g/mol. The molecule has 4 heteroatoms. The quantitative estimate of drug-likeness (QED) is 0.683. The van der Waals surface area contributed by atoms with Gasteiger partial charge in [-0.15, -0.1) is 11.3 Å². The minimum absolute atomic E-state index is 0.251. The third-order valence-electron chi connectivity index (χ3n) is 4.19. The van der Waals surface area contributed by atoms with Crippen LogP contribution < -0.4 is 5.32 Å². The molecule has 1 unspecified atom stereocenters. The fourth-order valence-electron chi connectivity index (χ4n) is 4.06. The van der Waals surface area contributed by atoms with Crippen molar-refractivity contribution in [2.75, 3.05) is 0 Å². The Morgan fingerprint density at radius 1 is 1.20 bits per heavy atom. The Morgan fingerprint density at radius 2 is 1.75 bits per heavy atom. The number of rotatable bonds is 3. The van der Waals surface area contributed by atoms with Gasteiger partial charge in [-0.05, 0) is 48.6 Å². The van der Waals surface area contributed by atoms with Crippen LogP contribution in [0.25, 0.3) is 0 Å². The van der Waals surface area contributed by atoms with Crippen molar-refractivity contribution in [3.05, 3.63) is 20.3 Å². The largest absolute Gasteiger partial charge is 0.307 e. The SMILES string of the molecule is CC(NC1CC(C)(C)CC(C)(C)C1)c1cc(Cl)sc1Cl. The molecular weight excluding hydrogens is 309 g/mol. The van der Waals surface area contributed by atoms with E-state index >= 15 is 0 Å². The first-order valence-corrected chi connectivity index (χ1v) is 8.86. The van der Waals surface area contributed by atoms with Crippen LogP contribution in [0.3, 0.4) is 0 Å². The number of nitrogens with one attached hydrogen (secondary N) is 1. The Balaban J connectivity index is 2.07. The number of thiophene rings is 1. The van der Waals surface area contributed by atoms with Gasteiger partial charge in [-0.1, -0.05) is 50.9 Å². The molecule has 1 N–H and O–H groups in total. The molecule has 1 aromatic heterocycles. The van der Waals surface area contributed by atoms with E-state index in [1.165, 1.54) is 30.6 Å². The highest BCUT2D eigenvalue weighted by molar-refractivity contribution is 7.20. The van der Waals surface area contributed by atoms with Gasteiger partial charge in [-0.2, -0.15) is 0 Å². The van der Waals surface area contributed by atoms with Crippen molar-refractivity contribution in [2.24, 2.45) is 10.8 Å². The normalized spacial score (nSPS) is 23.8. The maximum atomic E-state index is 6.26. The van der Waals surface area contributed by atoms with E-state index in [1.807, 2.05) is 6.07 Å². The second kappa shape index (κ2) is 5.79. The molecule has 2 rings (SSSR count). The van der Waals surface area contributed by atoms with Crippen LogP contribution in [0.1, 0.15) is 65.5 Å². The van der Waals surface area contributed by atoms with E-state index in [0.29, 0.717) is 16.9 Å². The highest BCUT2D eigenvalue weighted by Crippen LogP contribution is 2.46. The summed E-state index contributed by atoms with van der Waals surface area (Å²) in [6, 6.07) is 2.78. The average molecular weight is 334 g/mol. The van der Waals surface area contributed by atoms with E-state index in [1.54, 1.807) is 0 Å². The minimum Gasteiger partial charge on any atom is -0.307 e. The zero-order valence-electron chi connectivity index (χ0n) is 13.0. The molecule has 20 heavy (non-hydrogen) atoms. The van der Waals surface area contributed by atoms with Crippen LogP contribution in [-0.2, 0) is 0 Å². The third-order valence-corrected chi connectivity index (χ3v) is 5.71. The van der Waals surface area contributed by atoms with E-state index in [4.69, 9.17) is 23.2 Å². The molecule has 1 nitrogen and oxygen atoms in total. The molecule has 1 aliphatic rings. The fraction of sp³-hybridized carbons (Fsp3) is 0.750. The lowest BCUT2D eigenvalue weighted by Gasteiger charge is -2.46. The molecule has 0 saturated heterocycles. The molecule has 0 bridgehead atoms. The molecule has 1 fully saturated rings. The van der Waals surface area contributed by atoms with Gasteiger partial charge in [0.1, 0.15) is 0 Å². The van der Waals surface area contributed by atoms with Crippen molar-refractivity contribution in [1.82, 2.24) is 5.32 Å². The molecule has 0 radical (unpaired) electrons. The maximum absolute atomic E-state index is 6.26. The van der Waals surface area contributed by atoms with Crippen molar-refractivity contribution in [2.45, 2.75) is 66.0 Å². The molecule has 0 spiro atoms. The van der Waals surface area contributed by atoms with Crippen LogP contribution in [0.2, 0.25) is 8.67 Å². The van der Waals surface area contributed by atoms with Gasteiger partial charge in [-0.25, -0.2) is 0 Å². The van der Waals surface area contributed by atoms with Crippen LogP contribution >= 0.6 is 34.5 Å². The highest BCUT2D eigenvalue weighted by Gasteiger charge is 2.38. The van der Waals surface area contributed by atoms with E-state index in [-0.39, 0.29) is 6.04 Å². The van der Waals surface area contributed by atoms with Crippen molar-refractivity contribution >= 4 is 34.5 Å².